The normalized spacial score (nSPS) is 46.1. The molecule has 8 heteroatoms. The quantitative estimate of drug-likeness (QED) is 0.413. The standard InChI is InChI=1S/C30H40FNO6/c1-16-12-22-21-9-8-19-13-20(34)10-11-26(19,2)29(21,31)23(35)14-27(22,3)28(16,24(36)15-33)30(17-4-5-17,18-6-7-18)32-25(37)38/h10-11,13,16-18,21-23,32-33,35H,4-9,12,14-15H2,1-3H3,(H,37,38)/t16-,21?,22?,23-,26-,27-,28+,29?/m0/s1. The van der Waals surface area contributed by atoms with E-state index < -0.39 is 52.2 Å². The van der Waals surface area contributed by atoms with E-state index in [1.165, 1.54) is 12.2 Å². The molecule has 0 radical (unpaired) electrons. The lowest BCUT2D eigenvalue weighted by Crippen LogP contribution is -2.75. The highest BCUT2D eigenvalue weighted by atomic mass is 19.1. The summed E-state index contributed by atoms with van der Waals surface area (Å²) in [7, 11) is 0. The van der Waals surface area contributed by atoms with Crippen molar-refractivity contribution < 1.29 is 34.1 Å². The lowest BCUT2D eigenvalue weighted by atomic mass is 9.40. The van der Waals surface area contributed by atoms with Gasteiger partial charge >= 0.3 is 6.09 Å². The number of hydrogen-bond donors (Lipinski definition) is 4. The molecule has 0 aromatic carbocycles. The van der Waals surface area contributed by atoms with Crippen molar-refractivity contribution >= 4 is 17.7 Å². The van der Waals surface area contributed by atoms with E-state index in [2.05, 4.69) is 5.32 Å². The zero-order valence-electron chi connectivity index (χ0n) is 22.5. The molecule has 0 bridgehead atoms. The fraction of sp³-hybridized carbons (Fsp3) is 0.767. The summed E-state index contributed by atoms with van der Waals surface area (Å²) in [6.07, 6.45) is 6.62. The smallest absolute Gasteiger partial charge is 0.405 e. The Kier molecular flexibility index (Phi) is 5.51. The maximum Gasteiger partial charge on any atom is 0.405 e. The van der Waals surface area contributed by atoms with Gasteiger partial charge in [0.15, 0.2) is 17.2 Å². The van der Waals surface area contributed by atoms with Gasteiger partial charge in [0.1, 0.15) is 6.61 Å². The number of carbonyl (C=O) groups excluding carboxylic acids is 2. The van der Waals surface area contributed by atoms with Gasteiger partial charge in [-0.25, -0.2) is 9.18 Å². The number of hydrogen-bond acceptors (Lipinski definition) is 5. The molecule has 0 heterocycles. The summed E-state index contributed by atoms with van der Waals surface area (Å²) in [5.74, 6) is -1.79. The summed E-state index contributed by atoms with van der Waals surface area (Å²) in [6.45, 7) is 5.00. The monoisotopic (exact) mass is 529 g/mol. The summed E-state index contributed by atoms with van der Waals surface area (Å²) < 4.78 is 17.7. The van der Waals surface area contributed by atoms with Crippen LogP contribution in [0.1, 0.15) is 72.1 Å². The van der Waals surface area contributed by atoms with E-state index in [0.717, 1.165) is 25.7 Å². The number of carbonyl (C=O) groups is 3. The molecule has 208 valence electrons. The minimum atomic E-state index is -2.03. The van der Waals surface area contributed by atoms with Gasteiger partial charge in [-0.1, -0.05) is 25.5 Å². The first-order valence-electron chi connectivity index (χ1n) is 14.3. The molecule has 4 N–H and O–H groups in total. The highest BCUT2D eigenvalue weighted by Crippen LogP contribution is 2.78. The van der Waals surface area contributed by atoms with Gasteiger partial charge in [0.2, 0.25) is 0 Å². The van der Waals surface area contributed by atoms with Crippen molar-refractivity contribution in [1.29, 1.82) is 0 Å². The molecule has 5 saturated carbocycles. The van der Waals surface area contributed by atoms with Crippen LogP contribution in [0.3, 0.4) is 0 Å². The number of alkyl halides is 1. The molecule has 3 unspecified atom stereocenters. The Morgan fingerprint density at radius 1 is 1.13 bits per heavy atom. The van der Waals surface area contributed by atoms with E-state index in [-0.39, 0.29) is 41.7 Å². The Morgan fingerprint density at radius 2 is 1.76 bits per heavy atom. The van der Waals surface area contributed by atoms with Crippen molar-refractivity contribution in [1.82, 2.24) is 5.32 Å². The third kappa shape index (κ3) is 2.84. The molecule has 1 amide bonds. The number of Topliss-reactive ketones (excluding diaryl/α,β-unsaturated/α-hetero) is 1. The molecular formula is C30H40FNO6. The van der Waals surface area contributed by atoms with E-state index in [0.29, 0.717) is 24.8 Å². The molecule has 5 fully saturated rings. The van der Waals surface area contributed by atoms with E-state index in [9.17, 15) is 29.7 Å². The van der Waals surface area contributed by atoms with E-state index >= 15 is 4.39 Å². The summed E-state index contributed by atoms with van der Waals surface area (Å²) in [4.78, 5) is 38.8. The fourth-order valence-electron chi connectivity index (χ4n) is 10.9. The first-order valence-corrected chi connectivity index (χ1v) is 14.3. The predicted molar refractivity (Wildman–Crippen MR) is 137 cm³/mol. The van der Waals surface area contributed by atoms with Gasteiger partial charge in [-0.2, -0.15) is 0 Å². The molecule has 0 aromatic rings. The second-order valence-corrected chi connectivity index (χ2v) is 13.6. The minimum absolute atomic E-state index is 0.00606. The van der Waals surface area contributed by atoms with Crippen molar-refractivity contribution in [3.8, 4) is 0 Å². The molecule has 6 aliphatic rings. The number of ketones is 2. The molecule has 6 aliphatic carbocycles. The van der Waals surface area contributed by atoms with Crippen molar-refractivity contribution in [2.75, 3.05) is 6.61 Å². The summed E-state index contributed by atoms with van der Waals surface area (Å²) in [5, 5.41) is 35.3. The van der Waals surface area contributed by atoms with Gasteiger partial charge < -0.3 is 20.6 Å². The largest absolute Gasteiger partial charge is 0.465 e. The predicted octanol–water partition coefficient (Wildman–Crippen LogP) is 3.98. The van der Waals surface area contributed by atoms with Crippen molar-refractivity contribution in [2.24, 2.45) is 45.8 Å². The van der Waals surface area contributed by atoms with Gasteiger partial charge in [0, 0.05) is 11.3 Å². The van der Waals surface area contributed by atoms with Gasteiger partial charge in [0.05, 0.1) is 17.1 Å². The molecular weight excluding hydrogens is 489 g/mol. The van der Waals surface area contributed by atoms with Crippen LogP contribution in [0.5, 0.6) is 0 Å². The Bertz CT molecular complexity index is 1150. The number of fused-ring (bicyclic) bond motifs is 5. The molecule has 38 heavy (non-hydrogen) atoms. The molecule has 0 aliphatic heterocycles. The highest BCUT2D eigenvalue weighted by molar-refractivity contribution is 6.01. The third-order valence-electron chi connectivity index (χ3n) is 12.3. The molecule has 7 nitrogen and oxygen atoms in total. The Hall–Kier alpha value is -2.06. The lowest BCUT2D eigenvalue weighted by Gasteiger charge is -2.66. The molecule has 0 aromatic heterocycles. The van der Waals surface area contributed by atoms with Gasteiger partial charge in [-0.05, 0) is 99.5 Å². The van der Waals surface area contributed by atoms with Crippen LogP contribution in [-0.2, 0) is 9.59 Å². The Morgan fingerprint density at radius 3 is 2.32 bits per heavy atom. The molecule has 8 atom stereocenters. The van der Waals surface area contributed by atoms with Crippen molar-refractivity contribution in [3.05, 3.63) is 23.8 Å². The number of carboxylic acid groups (broad SMARTS) is 1. The maximum atomic E-state index is 17.7. The average molecular weight is 530 g/mol. The van der Waals surface area contributed by atoms with E-state index in [4.69, 9.17) is 0 Å². The van der Waals surface area contributed by atoms with Gasteiger partial charge in [-0.3, -0.25) is 9.59 Å². The Labute approximate surface area is 222 Å². The summed E-state index contributed by atoms with van der Waals surface area (Å²) in [6, 6.07) is 0. The van der Waals surface area contributed by atoms with E-state index in [1.807, 2.05) is 13.8 Å². The molecule has 0 saturated heterocycles. The van der Waals surface area contributed by atoms with Crippen molar-refractivity contribution in [3.63, 3.8) is 0 Å². The third-order valence-corrected chi connectivity index (χ3v) is 12.3. The van der Waals surface area contributed by atoms with Crippen LogP contribution in [-0.4, -0.2) is 56.9 Å². The number of rotatable bonds is 6. The van der Waals surface area contributed by atoms with Crippen LogP contribution in [0.15, 0.2) is 23.8 Å². The summed E-state index contributed by atoms with van der Waals surface area (Å²) >= 11 is 0. The van der Waals surface area contributed by atoms with E-state index in [1.54, 1.807) is 13.0 Å². The number of halogens is 1. The van der Waals surface area contributed by atoms with Crippen LogP contribution < -0.4 is 5.32 Å². The second-order valence-electron chi connectivity index (χ2n) is 13.6. The zero-order chi connectivity index (χ0) is 27.5. The molecule has 0 spiro atoms. The number of nitrogens with one attached hydrogen (secondary N) is 1. The van der Waals surface area contributed by atoms with Crippen LogP contribution in [0.2, 0.25) is 0 Å². The van der Waals surface area contributed by atoms with Crippen molar-refractivity contribution in [2.45, 2.75) is 89.4 Å². The van der Waals surface area contributed by atoms with Crippen LogP contribution in [0, 0.1) is 45.8 Å². The number of amides is 1. The SMILES string of the molecule is C[C@H]1CC2C3CCC4=CC(=O)C=C[C@]4(C)C3(F)[C@@H](O)C[C@]2(C)[C@@]1(C(=O)CO)C(NC(=O)O)(C1CC1)C1CC1. The average Bonchev–Trinajstić information content (AvgIpc) is 3.75. The second kappa shape index (κ2) is 8.00. The molecule has 6 rings (SSSR count). The topological polar surface area (TPSA) is 124 Å². The van der Waals surface area contributed by atoms with Crippen LogP contribution >= 0.6 is 0 Å². The number of aliphatic hydroxyl groups is 2. The van der Waals surface area contributed by atoms with Crippen LogP contribution in [0.25, 0.3) is 0 Å². The Balaban J connectivity index is 1.55. The maximum absolute atomic E-state index is 17.7. The summed E-state index contributed by atoms with van der Waals surface area (Å²) in [5.41, 5.74) is -5.71. The first kappa shape index (κ1) is 26.2. The number of aliphatic hydroxyl groups excluding tert-OH is 2. The first-order chi connectivity index (χ1) is 17.8. The number of allylic oxidation sites excluding steroid dienone is 4. The van der Waals surface area contributed by atoms with Crippen LogP contribution in [0.4, 0.5) is 9.18 Å². The lowest BCUT2D eigenvalue weighted by molar-refractivity contribution is -0.218. The fourth-order valence-corrected chi connectivity index (χ4v) is 10.9. The zero-order valence-corrected chi connectivity index (χ0v) is 22.5. The highest BCUT2D eigenvalue weighted by Gasteiger charge is 2.82. The van der Waals surface area contributed by atoms with Gasteiger partial charge in [-0.15, -0.1) is 0 Å². The minimum Gasteiger partial charge on any atom is -0.465 e. The van der Waals surface area contributed by atoms with Gasteiger partial charge in [0.25, 0.3) is 0 Å².